The number of rotatable bonds is 6. The number of aliphatic hydroxyl groups is 1. The van der Waals surface area contributed by atoms with Crippen LogP contribution in [0.1, 0.15) is 21.0 Å². The molecule has 3 heterocycles. The molecule has 5 rings (SSSR count). The normalized spacial score (nSPS) is 10.9. The highest BCUT2D eigenvalue weighted by atomic mass is 16.3. The Kier molecular flexibility index (Phi) is 6.34. The van der Waals surface area contributed by atoms with E-state index in [4.69, 9.17) is 0 Å². The van der Waals surface area contributed by atoms with E-state index in [2.05, 4.69) is 15.6 Å². The van der Waals surface area contributed by atoms with Gasteiger partial charge < -0.3 is 15.7 Å². The quantitative estimate of drug-likeness (QED) is 0.326. The lowest BCUT2D eigenvalue weighted by Gasteiger charge is -2.08. The van der Waals surface area contributed by atoms with Crippen molar-refractivity contribution in [3.63, 3.8) is 0 Å². The molecule has 5 aromatic rings. The highest BCUT2D eigenvalue weighted by Gasteiger charge is 2.17. The second-order valence-electron chi connectivity index (χ2n) is 8.42. The van der Waals surface area contributed by atoms with Crippen molar-refractivity contribution >= 4 is 45.0 Å². The van der Waals surface area contributed by atoms with Crippen molar-refractivity contribution < 1.29 is 23.8 Å². The molecule has 8 nitrogen and oxygen atoms in total. The first-order valence-corrected chi connectivity index (χ1v) is 11.5. The van der Waals surface area contributed by atoms with Gasteiger partial charge in [-0.2, -0.15) is 9.13 Å². The molecule has 0 fully saturated rings. The molecule has 3 N–H and O–H groups in total. The first kappa shape index (κ1) is 23.1. The third-order valence-corrected chi connectivity index (χ3v) is 5.88. The van der Waals surface area contributed by atoms with Crippen LogP contribution in [0.2, 0.25) is 0 Å². The Morgan fingerprint density at radius 2 is 1.33 bits per heavy atom. The number of carbonyl (C=O) groups excluding carboxylic acids is 2. The number of hydrogen-bond acceptors (Lipinski definition) is 4. The zero-order valence-corrected chi connectivity index (χ0v) is 19.7. The molecule has 0 saturated carbocycles. The Morgan fingerprint density at radius 3 is 1.97 bits per heavy atom. The molecule has 0 saturated heterocycles. The van der Waals surface area contributed by atoms with Crippen LogP contribution in [-0.2, 0) is 13.6 Å². The molecule has 178 valence electrons. The van der Waals surface area contributed by atoms with E-state index >= 15 is 0 Å². The van der Waals surface area contributed by atoms with Crippen molar-refractivity contribution in [2.24, 2.45) is 7.05 Å². The van der Waals surface area contributed by atoms with Crippen LogP contribution in [0.3, 0.4) is 0 Å². The summed E-state index contributed by atoms with van der Waals surface area (Å²) in [5, 5.41) is 17.1. The van der Waals surface area contributed by atoms with Gasteiger partial charge in [0.25, 0.3) is 11.8 Å². The molecule has 0 aliphatic heterocycles. The predicted octanol–water partition coefficient (Wildman–Crippen LogP) is 3.00. The van der Waals surface area contributed by atoms with Crippen LogP contribution in [-0.4, -0.2) is 28.5 Å². The van der Waals surface area contributed by atoms with Gasteiger partial charge in [-0.3, -0.25) is 9.59 Å². The highest BCUT2D eigenvalue weighted by Crippen LogP contribution is 2.17. The van der Waals surface area contributed by atoms with E-state index in [1.165, 1.54) is 0 Å². The summed E-state index contributed by atoms with van der Waals surface area (Å²) in [5.41, 5.74) is 3.43. The Bertz CT molecular complexity index is 1620. The Morgan fingerprint density at radius 1 is 0.778 bits per heavy atom. The summed E-state index contributed by atoms with van der Waals surface area (Å²) in [5.74, 6) is -0.848. The minimum absolute atomic E-state index is 0.0278. The third-order valence-electron chi connectivity index (χ3n) is 5.88. The van der Waals surface area contributed by atoms with Gasteiger partial charge in [-0.15, -0.1) is 0 Å². The molecule has 8 heteroatoms. The largest absolute Gasteiger partial charge is 0.390 e. The van der Waals surface area contributed by atoms with Gasteiger partial charge in [0, 0.05) is 22.9 Å². The molecular formula is C28H25N5O3+2. The van der Waals surface area contributed by atoms with Gasteiger partial charge in [-0.05, 0) is 36.4 Å². The van der Waals surface area contributed by atoms with Crippen LogP contribution < -0.4 is 19.8 Å². The van der Waals surface area contributed by atoms with Crippen LogP contribution in [0, 0.1) is 0 Å². The van der Waals surface area contributed by atoms with Gasteiger partial charge >= 0.3 is 0 Å². The van der Waals surface area contributed by atoms with Crippen LogP contribution >= 0.6 is 0 Å². The molecule has 0 bridgehead atoms. The van der Waals surface area contributed by atoms with Crippen LogP contribution in [0.25, 0.3) is 21.8 Å². The fourth-order valence-corrected chi connectivity index (χ4v) is 4.23. The Balaban J connectivity index is 1.36. The van der Waals surface area contributed by atoms with Gasteiger partial charge in [0.05, 0.1) is 0 Å². The van der Waals surface area contributed by atoms with Gasteiger partial charge in [0.15, 0.2) is 18.9 Å². The number of pyridine rings is 3. The summed E-state index contributed by atoms with van der Waals surface area (Å²) in [6.07, 6.45) is 3.60. The molecule has 3 aromatic heterocycles. The molecule has 36 heavy (non-hydrogen) atoms. The number of nitrogens with one attached hydrogen (secondary N) is 2. The number of fused-ring (bicyclic) bond motifs is 2. The lowest BCUT2D eigenvalue weighted by Crippen LogP contribution is -2.36. The van der Waals surface area contributed by atoms with E-state index in [0.29, 0.717) is 17.9 Å². The van der Waals surface area contributed by atoms with E-state index in [9.17, 15) is 14.7 Å². The van der Waals surface area contributed by atoms with E-state index < -0.39 is 11.8 Å². The van der Waals surface area contributed by atoms with Gasteiger partial charge in [-0.25, -0.2) is 4.98 Å². The topological polar surface area (TPSA) is 99.1 Å². The maximum atomic E-state index is 13.0. The number of aromatic nitrogens is 3. The summed E-state index contributed by atoms with van der Waals surface area (Å²) in [4.78, 5) is 30.2. The molecule has 0 aliphatic rings. The summed E-state index contributed by atoms with van der Waals surface area (Å²) in [6.45, 7) is 0.366. The van der Waals surface area contributed by atoms with E-state index in [1.807, 2.05) is 83.0 Å². The number of hydrogen-bond donors (Lipinski definition) is 3. The average Bonchev–Trinajstić information content (AvgIpc) is 2.89. The number of benzene rings is 2. The number of carbonyl (C=O) groups is 2. The number of amides is 2. The molecule has 2 amide bonds. The highest BCUT2D eigenvalue weighted by molar-refractivity contribution is 6.06. The molecule has 0 spiro atoms. The number of aliphatic hydroxyl groups excluding tert-OH is 1. The SMILES string of the molecule is C[n+]1cc(NC(=O)c2cccc(C(=O)Nc3cc4ccccc4[n+](CCO)c3)n2)cc2ccccc21. The second kappa shape index (κ2) is 9.89. The van der Waals surface area contributed by atoms with Crippen molar-refractivity contribution in [2.45, 2.75) is 6.54 Å². The lowest BCUT2D eigenvalue weighted by molar-refractivity contribution is -0.672. The zero-order chi connectivity index (χ0) is 25.1. The number of anilines is 2. The van der Waals surface area contributed by atoms with E-state index in [1.54, 1.807) is 24.4 Å². The molecule has 0 radical (unpaired) electrons. The van der Waals surface area contributed by atoms with Crippen LogP contribution in [0.4, 0.5) is 11.4 Å². The molecule has 0 atom stereocenters. The van der Waals surface area contributed by atoms with Crippen molar-refractivity contribution in [3.05, 3.63) is 103 Å². The Labute approximate surface area is 207 Å². The average molecular weight is 480 g/mol. The van der Waals surface area contributed by atoms with Gasteiger partial charge in [-0.1, -0.05) is 30.3 Å². The van der Waals surface area contributed by atoms with E-state index in [-0.39, 0.29) is 18.0 Å². The fraction of sp³-hybridized carbons (Fsp3) is 0.107. The third kappa shape index (κ3) is 4.75. The van der Waals surface area contributed by atoms with Crippen molar-refractivity contribution in [1.82, 2.24) is 4.98 Å². The first-order chi connectivity index (χ1) is 17.5. The minimum Gasteiger partial charge on any atom is -0.390 e. The summed E-state index contributed by atoms with van der Waals surface area (Å²) in [7, 11) is 1.91. The molecule has 2 aromatic carbocycles. The number of nitrogens with zero attached hydrogens (tertiary/aromatic N) is 3. The van der Waals surface area contributed by atoms with Gasteiger partial charge in [0.1, 0.15) is 36.4 Å². The standard InChI is InChI=1S/C28H23N5O3/c1-32-17-21(15-19-7-2-4-11-25(19)32)29-27(35)23-9-6-10-24(31-23)28(36)30-22-16-20-8-3-5-12-26(20)33(18-22)13-14-34/h2-12,15-18,34H,13-14H2,1H3/p+2. The van der Waals surface area contributed by atoms with E-state index in [0.717, 1.165) is 21.8 Å². The molecule has 0 unspecified atom stereocenters. The predicted molar refractivity (Wildman–Crippen MR) is 136 cm³/mol. The van der Waals surface area contributed by atoms with Crippen LogP contribution in [0.15, 0.2) is 91.3 Å². The monoisotopic (exact) mass is 479 g/mol. The summed E-state index contributed by atoms with van der Waals surface area (Å²) in [6, 6.07) is 24.1. The van der Waals surface area contributed by atoms with Crippen molar-refractivity contribution in [1.29, 1.82) is 0 Å². The van der Waals surface area contributed by atoms with Gasteiger partial charge in [0.2, 0.25) is 11.0 Å². The zero-order valence-electron chi connectivity index (χ0n) is 19.7. The molecular weight excluding hydrogens is 454 g/mol. The number of para-hydroxylation sites is 2. The number of aryl methyl sites for hydroxylation is 1. The first-order valence-electron chi connectivity index (χ1n) is 11.5. The van der Waals surface area contributed by atoms with Crippen molar-refractivity contribution in [2.75, 3.05) is 17.2 Å². The maximum Gasteiger partial charge on any atom is 0.274 e. The second-order valence-corrected chi connectivity index (χ2v) is 8.42. The summed E-state index contributed by atoms with van der Waals surface area (Å²) < 4.78 is 3.82. The lowest BCUT2D eigenvalue weighted by atomic mass is 10.2. The summed E-state index contributed by atoms with van der Waals surface area (Å²) >= 11 is 0. The fourth-order valence-electron chi connectivity index (χ4n) is 4.23. The molecule has 0 aliphatic carbocycles. The smallest absolute Gasteiger partial charge is 0.274 e. The van der Waals surface area contributed by atoms with Crippen molar-refractivity contribution in [3.8, 4) is 0 Å². The maximum absolute atomic E-state index is 13.0. The Hall–Kier alpha value is -4.69. The van der Waals surface area contributed by atoms with Crippen LogP contribution in [0.5, 0.6) is 0 Å². The minimum atomic E-state index is -0.437.